The van der Waals surface area contributed by atoms with Crippen LogP contribution < -0.4 is 4.74 Å². The van der Waals surface area contributed by atoms with Crippen LogP contribution in [0.15, 0.2) is 59.7 Å². The zero-order chi connectivity index (χ0) is 20.4. The van der Waals surface area contributed by atoms with Gasteiger partial charge >= 0.3 is 5.97 Å². The Bertz CT molecular complexity index is 779. The average Bonchev–Trinajstić information content (AvgIpc) is 3.01. The number of allylic oxidation sites excluding steroid dienone is 5. The van der Waals surface area contributed by atoms with Crippen LogP contribution in [0, 0.1) is 0 Å². The minimum Gasteiger partial charge on any atom is -0.491 e. The third-order valence-electron chi connectivity index (χ3n) is 4.33. The Morgan fingerprint density at radius 3 is 2.86 bits per heavy atom. The lowest BCUT2D eigenvalue weighted by Gasteiger charge is -2.09. The number of carbonyl (C=O) groups is 2. The Balaban J connectivity index is 1.85. The molecule has 0 amide bonds. The van der Waals surface area contributed by atoms with Crippen molar-refractivity contribution in [1.82, 2.24) is 0 Å². The van der Waals surface area contributed by atoms with Gasteiger partial charge in [0.2, 0.25) is 0 Å². The molecule has 1 unspecified atom stereocenters. The van der Waals surface area contributed by atoms with Crippen LogP contribution in [0.2, 0.25) is 5.02 Å². The molecule has 6 heteroatoms. The van der Waals surface area contributed by atoms with E-state index in [1.165, 1.54) is 0 Å². The van der Waals surface area contributed by atoms with Crippen molar-refractivity contribution in [2.24, 2.45) is 0 Å². The van der Waals surface area contributed by atoms with Gasteiger partial charge in [0.15, 0.2) is 5.78 Å². The molecular formula is C22H25ClO5. The molecule has 28 heavy (non-hydrogen) atoms. The highest BCUT2D eigenvalue weighted by Gasteiger charge is 2.20. The average molecular weight is 405 g/mol. The number of carbonyl (C=O) groups excluding carboxylic acids is 1. The zero-order valence-corrected chi connectivity index (χ0v) is 16.4. The predicted molar refractivity (Wildman–Crippen MR) is 109 cm³/mol. The van der Waals surface area contributed by atoms with Gasteiger partial charge in [-0.2, -0.15) is 0 Å². The molecule has 0 fully saturated rings. The molecule has 0 radical (unpaired) electrons. The largest absolute Gasteiger partial charge is 0.491 e. The second-order valence-corrected chi connectivity index (χ2v) is 7.02. The van der Waals surface area contributed by atoms with Gasteiger partial charge in [0.1, 0.15) is 18.5 Å². The van der Waals surface area contributed by atoms with Crippen LogP contribution in [0.1, 0.15) is 38.5 Å². The van der Waals surface area contributed by atoms with Crippen LogP contribution in [0.25, 0.3) is 0 Å². The standard InChI is InChI=1S/C22H25ClO5/c23-17-6-5-7-19(14-17)28-15-18(24)12-10-16-11-13-21(25)20(16)8-3-1-2-4-9-22(26)27/h1,3,5-7,10,12,14,18,24H,2,4,8-9,11,13,15H2,(H,26,27). The van der Waals surface area contributed by atoms with Gasteiger partial charge in [-0.3, -0.25) is 9.59 Å². The van der Waals surface area contributed by atoms with E-state index in [1.54, 1.807) is 36.4 Å². The summed E-state index contributed by atoms with van der Waals surface area (Å²) in [4.78, 5) is 22.6. The van der Waals surface area contributed by atoms with Crippen molar-refractivity contribution in [2.45, 2.75) is 44.6 Å². The zero-order valence-electron chi connectivity index (χ0n) is 15.6. The first-order valence-electron chi connectivity index (χ1n) is 9.32. The molecule has 150 valence electrons. The van der Waals surface area contributed by atoms with Crippen molar-refractivity contribution in [2.75, 3.05) is 6.61 Å². The van der Waals surface area contributed by atoms with Crippen LogP contribution in [-0.2, 0) is 9.59 Å². The number of rotatable bonds is 11. The van der Waals surface area contributed by atoms with E-state index in [0.717, 1.165) is 11.1 Å². The quantitative estimate of drug-likeness (QED) is 0.419. The lowest BCUT2D eigenvalue weighted by atomic mass is 10.1. The SMILES string of the molecule is O=C(O)CCCC=CCC1=C(C=CC(O)COc2cccc(Cl)c2)CCC1=O. The number of aliphatic carboxylic acids is 1. The first-order valence-corrected chi connectivity index (χ1v) is 9.70. The lowest BCUT2D eigenvalue weighted by Crippen LogP contribution is -2.14. The Labute approximate surface area is 170 Å². The maximum atomic E-state index is 12.1. The van der Waals surface area contributed by atoms with E-state index in [2.05, 4.69) is 0 Å². The maximum absolute atomic E-state index is 12.1. The van der Waals surface area contributed by atoms with Gasteiger partial charge in [0.25, 0.3) is 0 Å². The number of unbranched alkanes of at least 4 members (excludes halogenated alkanes) is 1. The van der Waals surface area contributed by atoms with Crippen molar-refractivity contribution in [3.05, 3.63) is 64.7 Å². The smallest absolute Gasteiger partial charge is 0.303 e. The number of carboxylic acid groups (broad SMARTS) is 1. The molecule has 0 saturated carbocycles. The molecule has 2 N–H and O–H groups in total. The van der Waals surface area contributed by atoms with Crippen molar-refractivity contribution in [3.8, 4) is 5.75 Å². The van der Waals surface area contributed by atoms with Gasteiger partial charge in [-0.1, -0.05) is 42.0 Å². The summed E-state index contributed by atoms with van der Waals surface area (Å²) in [6.45, 7) is 0.0941. The Kier molecular flexibility index (Phi) is 8.98. The highest BCUT2D eigenvalue weighted by molar-refractivity contribution is 6.30. The van der Waals surface area contributed by atoms with Crippen LogP contribution in [0.3, 0.4) is 0 Å². The number of aliphatic hydroxyl groups is 1. The number of benzene rings is 1. The van der Waals surface area contributed by atoms with E-state index in [9.17, 15) is 14.7 Å². The predicted octanol–water partition coefficient (Wildman–Crippen LogP) is 4.50. The molecule has 1 aliphatic carbocycles. The third-order valence-corrected chi connectivity index (χ3v) is 4.57. The minimum atomic E-state index is -0.799. The maximum Gasteiger partial charge on any atom is 0.303 e. The molecule has 1 atom stereocenters. The first kappa shape index (κ1) is 21.9. The Hall–Kier alpha value is -2.37. The minimum absolute atomic E-state index is 0.0941. The monoisotopic (exact) mass is 404 g/mol. The molecular weight excluding hydrogens is 380 g/mol. The molecule has 0 bridgehead atoms. The summed E-state index contributed by atoms with van der Waals surface area (Å²) in [6, 6.07) is 6.96. The van der Waals surface area contributed by atoms with E-state index in [1.807, 2.05) is 12.2 Å². The van der Waals surface area contributed by atoms with Crippen LogP contribution >= 0.6 is 11.6 Å². The van der Waals surface area contributed by atoms with Gasteiger partial charge in [0, 0.05) is 23.4 Å². The molecule has 5 nitrogen and oxygen atoms in total. The fourth-order valence-corrected chi connectivity index (χ4v) is 3.05. The van der Waals surface area contributed by atoms with Gasteiger partial charge in [-0.15, -0.1) is 0 Å². The van der Waals surface area contributed by atoms with Crippen LogP contribution in [0.5, 0.6) is 5.75 Å². The summed E-state index contributed by atoms with van der Waals surface area (Å²) in [7, 11) is 0. The second-order valence-electron chi connectivity index (χ2n) is 6.58. The van der Waals surface area contributed by atoms with Crippen LogP contribution in [-0.4, -0.2) is 34.7 Å². The van der Waals surface area contributed by atoms with Crippen molar-refractivity contribution in [1.29, 1.82) is 0 Å². The molecule has 0 heterocycles. The summed E-state index contributed by atoms with van der Waals surface area (Å²) < 4.78 is 5.51. The fourth-order valence-electron chi connectivity index (χ4n) is 2.87. The van der Waals surface area contributed by atoms with Gasteiger partial charge < -0.3 is 14.9 Å². The summed E-state index contributed by atoms with van der Waals surface area (Å²) in [6.07, 6.45) is 9.55. The number of hydrogen-bond donors (Lipinski definition) is 2. The summed E-state index contributed by atoms with van der Waals surface area (Å²) in [5.41, 5.74) is 1.69. The lowest BCUT2D eigenvalue weighted by molar-refractivity contribution is -0.137. The number of carboxylic acids is 1. The van der Waals surface area contributed by atoms with E-state index in [4.69, 9.17) is 21.4 Å². The number of hydrogen-bond acceptors (Lipinski definition) is 4. The number of ether oxygens (including phenoxy) is 1. The van der Waals surface area contributed by atoms with Crippen molar-refractivity contribution >= 4 is 23.4 Å². The number of Topliss-reactive ketones (excluding diaryl/α,β-unsaturated/α-hetero) is 1. The molecule has 0 aromatic heterocycles. The molecule has 0 aliphatic heterocycles. The number of halogens is 1. The van der Waals surface area contributed by atoms with Crippen molar-refractivity contribution in [3.63, 3.8) is 0 Å². The van der Waals surface area contributed by atoms with Crippen LogP contribution in [0.4, 0.5) is 0 Å². The summed E-state index contributed by atoms with van der Waals surface area (Å²) >= 11 is 5.89. The second kappa shape index (κ2) is 11.5. The normalized spacial score (nSPS) is 15.7. The van der Waals surface area contributed by atoms with E-state index < -0.39 is 12.1 Å². The van der Waals surface area contributed by atoms with E-state index in [0.29, 0.717) is 42.9 Å². The number of aliphatic hydroxyl groups excluding tert-OH is 1. The molecule has 0 saturated heterocycles. The molecule has 2 rings (SSSR count). The van der Waals surface area contributed by atoms with Crippen molar-refractivity contribution < 1.29 is 24.5 Å². The fraction of sp³-hybridized carbons (Fsp3) is 0.364. The molecule has 1 aliphatic rings. The van der Waals surface area contributed by atoms with Gasteiger partial charge in [0.05, 0.1) is 0 Å². The topological polar surface area (TPSA) is 83.8 Å². The summed E-state index contributed by atoms with van der Waals surface area (Å²) in [5.74, 6) is -0.0872. The van der Waals surface area contributed by atoms with Gasteiger partial charge in [-0.05, 0) is 49.5 Å². The first-order chi connectivity index (χ1) is 13.5. The molecule has 1 aromatic rings. The van der Waals surface area contributed by atoms with E-state index >= 15 is 0 Å². The van der Waals surface area contributed by atoms with E-state index in [-0.39, 0.29) is 18.8 Å². The van der Waals surface area contributed by atoms with Gasteiger partial charge in [-0.25, -0.2) is 0 Å². The molecule has 0 spiro atoms. The highest BCUT2D eigenvalue weighted by atomic mass is 35.5. The Morgan fingerprint density at radius 2 is 2.11 bits per heavy atom. The number of ketones is 1. The third kappa shape index (κ3) is 7.71. The summed E-state index contributed by atoms with van der Waals surface area (Å²) in [5, 5.41) is 19.3. The Morgan fingerprint density at radius 1 is 1.29 bits per heavy atom. The highest BCUT2D eigenvalue weighted by Crippen LogP contribution is 2.27. The molecule has 1 aromatic carbocycles.